The number of hydrogen-bond donors (Lipinski definition) is 1. The summed E-state index contributed by atoms with van der Waals surface area (Å²) in [5, 5.41) is 8.74. The van der Waals surface area contributed by atoms with Crippen molar-refractivity contribution in [2.45, 2.75) is 52.1 Å². The lowest BCUT2D eigenvalue weighted by atomic mass is 9.75. The Balaban J connectivity index is 1.37. The summed E-state index contributed by atoms with van der Waals surface area (Å²) in [5.41, 5.74) is 1.91. The minimum Gasteiger partial charge on any atom is -0.482 e. The number of rotatable bonds is 9. The van der Waals surface area contributed by atoms with Crippen molar-refractivity contribution in [2.75, 3.05) is 26.2 Å². The third kappa shape index (κ3) is 6.20. The fraction of sp³-hybridized carbons (Fsp3) is 0.500. The van der Waals surface area contributed by atoms with Crippen LogP contribution in [0, 0.1) is 17.2 Å². The highest BCUT2D eigenvalue weighted by molar-refractivity contribution is 5.85. The monoisotopic (exact) mass is 482 g/mol. The van der Waals surface area contributed by atoms with Crippen LogP contribution >= 0.6 is 0 Å². The normalized spacial score (nSPS) is 20.1. The first-order valence-corrected chi connectivity index (χ1v) is 12.5. The van der Waals surface area contributed by atoms with Crippen LogP contribution in [0.5, 0.6) is 5.75 Å². The van der Waals surface area contributed by atoms with Gasteiger partial charge in [0.25, 0.3) is 0 Å². The average molecular weight is 483 g/mol. The molecule has 2 aromatic rings. The van der Waals surface area contributed by atoms with Gasteiger partial charge in [-0.15, -0.1) is 0 Å². The predicted molar refractivity (Wildman–Crippen MR) is 132 cm³/mol. The van der Waals surface area contributed by atoms with Gasteiger partial charge in [0.1, 0.15) is 11.6 Å². The summed E-state index contributed by atoms with van der Waals surface area (Å²) >= 11 is 0. The number of likely N-dealkylation sites (tertiary alicyclic amines) is 2. The van der Waals surface area contributed by atoms with Gasteiger partial charge in [-0.2, -0.15) is 0 Å². The number of carboxylic acid groups (broad SMARTS) is 1. The van der Waals surface area contributed by atoms with Gasteiger partial charge in [-0.3, -0.25) is 9.69 Å². The fourth-order valence-corrected chi connectivity index (χ4v) is 5.47. The van der Waals surface area contributed by atoms with Gasteiger partial charge in [-0.25, -0.2) is 9.18 Å². The minimum atomic E-state index is -0.996. The number of ether oxygens (including phenoxy) is 1. The molecule has 0 radical (unpaired) electrons. The number of carboxylic acids is 1. The summed E-state index contributed by atoms with van der Waals surface area (Å²) in [6.45, 7) is 7.22. The smallest absolute Gasteiger partial charge is 0.341 e. The van der Waals surface area contributed by atoms with E-state index in [1.807, 2.05) is 24.3 Å². The molecule has 0 aliphatic carbocycles. The van der Waals surface area contributed by atoms with Crippen LogP contribution in [0.3, 0.4) is 0 Å². The first-order valence-electron chi connectivity index (χ1n) is 12.5. The Morgan fingerprint density at radius 1 is 1.09 bits per heavy atom. The zero-order valence-electron chi connectivity index (χ0n) is 20.6. The molecule has 2 fully saturated rings. The SMILES string of the molecule is CC(C)CN1C(=O)C2(CCN(Cc3ccc(OCC(=O)O)cc3)CC2)C[C@H]1Cc1ccc(F)cc1. The number of hydrogen-bond acceptors (Lipinski definition) is 4. The highest BCUT2D eigenvalue weighted by atomic mass is 19.1. The number of piperidine rings is 1. The van der Waals surface area contributed by atoms with Crippen molar-refractivity contribution < 1.29 is 23.8 Å². The van der Waals surface area contributed by atoms with Crippen LogP contribution in [0.1, 0.15) is 44.2 Å². The van der Waals surface area contributed by atoms with E-state index in [2.05, 4.69) is 23.6 Å². The predicted octanol–water partition coefficient (Wildman–Crippen LogP) is 4.37. The molecule has 1 spiro atoms. The molecule has 2 aliphatic heterocycles. The van der Waals surface area contributed by atoms with Crippen LogP contribution in [-0.4, -0.2) is 59.1 Å². The minimum absolute atomic E-state index is 0.153. The van der Waals surface area contributed by atoms with E-state index in [9.17, 15) is 14.0 Å². The maximum atomic E-state index is 13.7. The second kappa shape index (κ2) is 10.8. The van der Waals surface area contributed by atoms with Gasteiger partial charge in [-0.1, -0.05) is 38.1 Å². The number of halogens is 1. The fourth-order valence-electron chi connectivity index (χ4n) is 5.47. The number of benzene rings is 2. The summed E-state index contributed by atoms with van der Waals surface area (Å²) in [4.78, 5) is 28.8. The summed E-state index contributed by atoms with van der Waals surface area (Å²) in [6, 6.07) is 14.3. The van der Waals surface area contributed by atoms with E-state index in [0.717, 1.165) is 63.0 Å². The van der Waals surface area contributed by atoms with E-state index >= 15 is 0 Å². The zero-order chi connectivity index (χ0) is 25.0. The van der Waals surface area contributed by atoms with E-state index in [0.29, 0.717) is 11.7 Å². The molecule has 0 unspecified atom stereocenters. The van der Waals surface area contributed by atoms with Crippen molar-refractivity contribution in [3.63, 3.8) is 0 Å². The maximum absolute atomic E-state index is 13.7. The Bertz CT molecular complexity index is 1010. The third-order valence-electron chi connectivity index (χ3n) is 7.23. The average Bonchev–Trinajstić information content (AvgIpc) is 3.06. The zero-order valence-corrected chi connectivity index (χ0v) is 20.6. The summed E-state index contributed by atoms with van der Waals surface area (Å²) in [5.74, 6) is -0.000749. The lowest BCUT2D eigenvalue weighted by Gasteiger charge is -2.38. The molecule has 1 amide bonds. The van der Waals surface area contributed by atoms with E-state index in [1.54, 1.807) is 12.1 Å². The largest absolute Gasteiger partial charge is 0.482 e. The molecule has 2 aromatic carbocycles. The van der Waals surface area contributed by atoms with Gasteiger partial charge in [0, 0.05) is 19.1 Å². The topological polar surface area (TPSA) is 70.1 Å². The number of amides is 1. The molecule has 35 heavy (non-hydrogen) atoms. The summed E-state index contributed by atoms with van der Waals surface area (Å²) in [7, 11) is 0. The Hall–Kier alpha value is -2.93. The molecule has 2 heterocycles. The number of nitrogens with zero attached hydrogens (tertiary/aromatic N) is 2. The van der Waals surface area contributed by atoms with Crippen LogP contribution in [0.25, 0.3) is 0 Å². The quantitative estimate of drug-likeness (QED) is 0.575. The number of aliphatic carboxylic acids is 1. The van der Waals surface area contributed by atoms with Crippen LogP contribution in [0.4, 0.5) is 4.39 Å². The Morgan fingerprint density at radius 3 is 2.31 bits per heavy atom. The van der Waals surface area contributed by atoms with Crippen molar-refractivity contribution in [1.82, 2.24) is 9.80 Å². The van der Waals surface area contributed by atoms with E-state index in [1.165, 1.54) is 12.1 Å². The molecule has 188 valence electrons. The second-order valence-electron chi connectivity index (χ2n) is 10.4. The highest BCUT2D eigenvalue weighted by Gasteiger charge is 2.52. The molecule has 6 nitrogen and oxygen atoms in total. The summed E-state index contributed by atoms with van der Waals surface area (Å²) in [6.07, 6.45) is 3.32. The maximum Gasteiger partial charge on any atom is 0.341 e. The third-order valence-corrected chi connectivity index (χ3v) is 7.23. The van der Waals surface area contributed by atoms with E-state index < -0.39 is 5.97 Å². The van der Waals surface area contributed by atoms with Crippen molar-refractivity contribution in [3.05, 3.63) is 65.5 Å². The molecule has 2 saturated heterocycles. The van der Waals surface area contributed by atoms with Gasteiger partial charge in [0.15, 0.2) is 6.61 Å². The highest BCUT2D eigenvalue weighted by Crippen LogP contribution is 2.45. The van der Waals surface area contributed by atoms with Gasteiger partial charge in [0.05, 0.1) is 5.41 Å². The van der Waals surface area contributed by atoms with E-state index in [4.69, 9.17) is 9.84 Å². The van der Waals surface area contributed by atoms with Crippen molar-refractivity contribution in [2.24, 2.45) is 11.3 Å². The molecule has 1 N–H and O–H groups in total. The Labute approximate surface area is 206 Å². The van der Waals surface area contributed by atoms with Crippen LogP contribution in [0.15, 0.2) is 48.5 Å². The summed E-state index contributed by atoms with van der Waals surface area (Å²) < 4.78 is 18.6. The van der Waals surface area contributed by atoms with Gasteiger partial charge >= 0.3 is 5.97 Å². The first-order chi connectivity index (χ1) is 16.7. The molecule has 0 saturated carbocycles. The van der Waals surface area contributed by atoms with Crippen molar-refractivity contribution >= 4 is 11.9 Å². The first kappa shape index (κ1) is 25.2. The van der Waals surface area contributed by atoms with Crippen LogP contribution in [-0.2, 0) is 22.6 Å². The second-order valence-corrected chi connectivity index (χ2v) is 10.4. The Morgan fingerprint density at radius 2 is 1.71 bits per heavy atom. The van der Waals surface area contributed by atoms with E-state index in [-0.39, 0.29) is 29.8 Å². The lowest BCUT2D eigenvalue weighted by molar-refractivity contribution is -0.140. The Kier molecular flexibility index (Phi) is 7.75. The van der Waals surface area contributed by atoms with Crippen LogP contribution in [0.2, 0.25) is 0 Å². The van der Waals surface area contributed by atoms with Gasteiger partial charge in [-0.05, 0) is 80.1 Å². The van der Waals surface area contributed by atoms with Gasteiger partial charge in [0.2, 0.25) is 5.91 Å². The van der Waals surface area contributed by atoms with Crippen LogP contribution < -0.4 is 4.74 Å². The molecular formula is C28H35FN2O4. The molecule has 4 rings (SSSR count). The van der Waals surface area contributed by atoms with Crippen molar-refractivity contribution in [1.29, 1.82) is 0 Å². The molecule has 1 atom stereocenters. The molecule has 2 aliphatic rings. The molecule has 0 bridgehead atoms. The molecule has 7 heteroatoms. The van der Waals surface area contributed by atoms with Gasteiger partial charge < -0.3 is 14.7 Å². The molecular weight excluding hydrogens is 447 g/mol. The lowest BCUT2D eigenvalue weighted by Crippen LogP contribution is -2.45. The standard InChI is InChI=1S/C28H35FN2O4/c1-20(2)17-31-24(15-21-3-7-23(29)8-4-21)16-28(27(31)34)11-13-30(14-12-28)18-22-5-9-25(10-6-22)35-19-26(32)33/h3-10,20,24H,11-19H2,1-2H3,(H,32,33)/t24-/m1/s1. The molecule has 0 aromatic heterocycles. The number of carbonyl (C=O) groups excluding carboxylic acids is 1. The van der Waals surface area contributed by atoms with Crippen molar-refractivity contribution in [3.8, 4) is 5.75 Å². The number of carbonyl (C=O) groups is 2.